The van der Waals surface area contributed by atoms with Crippen molar-refractivity contribution in [3.05, 3.63) is 23.8 Å². The van der Waals surface area contributed by atoms with E-state index in [-0.39, 0.29) is 12.0 Å². The van der Waals surface area contributed by atoms with Crippen LogP contribution in [0.5, 0.6) is 11.5 Å². The minimum Gasteiger partial charge on any atom is -0.493 e. The summed E-state index contributed by atoms with van der Waals surface area (Å²) in [7, 11) is 3.16. The van der Waals surface area contributed by atoms with Gasteiger partial charge >= 0.3 is 0 Å². The molecule has 2 rings (SSSR count). The summed E-state index contributed by atoms with van der Waals surface area (Å²) in [6.07, 6.45) is 1.41. The molecule has 1 heterocycles. The third-order valence-electron chi connectivity index (χ3n) is 3.62. The molecule has 0 bridgehead atoms. The van der Waals surface area contributed by atoms with Crippen LogP contribution in [-0.4, -0.2) is 49.3 Å². The molecule has 0 saturated carbocycles. The average Bonchev–Trinajstić information content (AvgIpc) is 2.47. The van der Waals surface area contributed by atoms with Gasteiger partial charge in [0.2, 0.25) is 5.91 Å². The maximum atomic E-state index is 12.2. The van der Waals surface area contributed by atoms with Gasteiger partial charge in [0.25, 0.3) is 0 Å². The second-order valence-corrected chi connectivity index (χ2v) is 4.98. The first kappa shape index (κ1) is 14.7. The van der Waals surface area contributed by atoms with Crippen molar-refractivity contribution < 1.29 is 19.4 Å². The lowest BCUT2D eigenvalue weighted by Crippen LogP contribution is -2.40. The molecule has 1 fully saturated rings. The van der Waals surface area contributed by atoms with Gasteiger partial charge < -0.3 is 19.5 Å². The van der Waals surface area contributed by atoms with Gasteiger partial charge in [0.15, 0.2) is 11.5 Å². The number of piperidine rings is 1. The highest BCUT2D eigenvalue weighted by molar-refractivity contribution is 5.79. The zero-order valence-corrected chi connectivity index (χ0v) is 12.0. The summed E-state index contributed by atoms with van der Waals surface area (Å²) in [4.78, 5) is 14.0. The van der Waals surface area contributed by atoms with Crippen LogP contribution in [-0.2, 0) is 11.2 Å². The van der Waals surface area contributed by atoms with Crippen LogP contribution < -0.4 is 9.47 Å². The lowest BCUT2D eigenvalue weighted by atomic mass is 10.1. The van der Waals surface area contributed by atoms with E-state index in [9.17, 15) is 9.90 Å². The molecular formula is C15H21NO4. The highest BCUT2D eigenvalue weighted by Crippen LogP contribution is 2.28. The summed E-state index contributed by atoms with van der Waals surface area (Å²) in [5.74, 6) is 1.38. The quantitative estimate of drug-likeness (QED) is 0.900. The average molecular weight is 279 g/mol. The van der Waals surface area contributed by atoms with E-state index in [1.807, 2.05) is 17.0 Å². The first-order valence-electron chi connectivity index (χ1n) is 6.80. The number of ether oxygens (including phenoxy) is 2. The minimum atomic E-state index is -0.264. The topological polar surface area (TPSA) is 59.0 Å². The van der Waals surface area contributed by atoms with E-state index < -0.39 is 0 Å². The Morgan fingerprint density at radius 1 is 1.25 bits per heavy atom. The lowest BCUT2D eigenvalue weighted by molar-refractivity contribution is -0.132. The van der Waals surface area contributed by atoms with Gasteiger partial charge in [-0.15, -0.1) is 0 Å². The Labute approximate surface area is 119 Å². The molecule has 1 aromatic rings. The summed E-state index contributed by atoms with van der Waals surface area (Å²) in [5, 5.41) is 9.46. The minimum absolute atomic E-state index is 0.0871. The first-order chi connectivity index (χ1) is 9.63. The van der Waals surface area contributed by atoms with E-state index in [1.165, 1.54) is 0 Å². The number of hydrogen-bond donors (Lipinski definition) is 1. The molecule has 1 N–H and O–H groups in total. The summed E-state index contributed by atoms with van der Waals surface area (Å²) in [6.45, 7) is 1.26. The smallest absolute Gasteiger partial charge is 0.226 e. The summed E-state index contributed by atoms with van der Waals surface area (Å²) >= 11 is 0. The number of likely N-dealkylation sites (tertiary alicyclic amines) is 1. The normalized spacial score (nSPS) is 16.1. The van der Waals surface area contributed by atoms with Gasteiger partial charge in [0.05, 0.1) is 26.7 Å². The Morgan fingerprint density at radius 2 is 1.90 bits per heavy atom. The predicted octanol–water partition coefficient (Wildman–Crippen LogP) is 1.23. The third-order valence-corrected chi connectivity index (χ3v) is 3.62. The van der Waals surface area contributed by atoms with E-state index in [0.29, 0.717) is 43.9 Å². The number of methoxy groups -OCH3 is 2. The standard InChI is InChI=1S/C15H21NO4/c1-19-13-4-3-11(9-14(13)20-2)10-15(18)16-7-5-12(17)6-8-16/h3-4,9,12,17H,5-8,10H2,1-2H3. The number of hydrogen-bond acceptors (Lipinski definition) is 4. The molecule has 0 atom stereocenters. The van der Waals surface area contributed by atoms with E-state index in [4.69, 9.17) is 9.47 Å². The van der Waals surface area contributed by atoms with E-state index in [0.717, 1.165) is 5.56 Å². The second kappa shape index (κ2) is 6.61. The van der Waals surface area contributed by atoms with Crippen LogP contribution in [0.2, 0.25) is 0 Å². The van der Waals surface area contributed by atoms with Crippen LogP contribution in [0.4, 0.5) is 0 Å². The monoisotopic (exact) mass is 279 g/mol. The maximum Gasteiger partial charge on any atom is 0.226 e. The van der Waals surface area contributed by atoms with Crippen molar-refractivity contribution in [2.24, 2.45) is 0 Å². The Balaban J connectivity index is 2.00. The van der Waals surface area contributed by atoms with E-state index >= 15 is 0 Å². The van der Waals surface area contributed by atoms with Gasteiger partial charge in [0.1, 0.15) is 0 Å². The Bertz CT molecular complexity index is 467. The predicted molar refractivity (Wildman–Crippen MR) is 75.1 cm³/mol. The van der Waals surface area contributed by atoms with Crippen LogP contribution >= 0.6 is 0 Å². The molecule has 1 aliphatic heterocycles. The van der Waals surface area contributed by atoms with Crippen LogP contribution in [0.25, 0.3) is 0 Å². The number of nitrogens with zero attached hydrogens (tertiary/aromatic N) is 1. The van der Waals surface area contributed by atoms with Crippen molar-refractivity contribution in [1.29, 1.82) is 0 Å². The number of benzene rings is 1. The molecule has 1 saturated heterocycles. The fraction of sp³-hybridized carbons (Fsp3) is 0.533. The second-order valence-electron chi connectivity index (χ2n) is 4.98. The van der Waals surface area contributed by atoms with Crippen LogP contribution in [0.3, 0.4) is 0 Å². The SMILES string of the molecule is COc1ccc(CC(=O)N2CCC(O)CC2)cc1OC. The Morgan fingerprint density at radius 3 is 2.50 bits per heavy atom. The Hall–Kier alpha value is -1.75. The zero-order chi connectivity index (χ0) is 14.5. The number of carbonyl (C=O) groups is 1. The summed E-state index contributed by atoms with van der Waals surface area (Å²) < 4.78 is 10.4. The molecule has 0 spiro atoms. The highest BCUT2D eigenvalue weighted by Gasteiger charge is 2.21. The molecule has 20 heavy (non-hydrogen) atoms. The Kier molecular flexibility index (Phi) is 4.84. The number of rotatable bonds is 4. The van der Waals surface area contributed by atoms with Crippen molar-refractivity contribution in [3.8, 4) is 11.5 Å². The lowest BCUT2D eigenvalue weighted by Gasteiger charge is -2.29. The fourth-order valence-corrected chi connectivity index (χ4v) is 2.39. The fourth-order valence-electron chi connectivity index (χ4n) is 2.39. The maximum absolute atomic E-state index is 12.2. The van der Waals surface area contributed by atoms with Crippen LogP contribution in [0.1, 0.15) is 18.4 Å². The number of aliphatic hydroxyl groups excluding tert-OH is 1. The van der Waals surface area contributed by atoms with Gasteiger partial charge in [-0.05, 0) is 30.5 Å². The summed E-state index contributed by atoms with van der Waals surface area (Å²) in [6, 6.07) is 5.51. The van der Waals surface area contributed by atoms with Crippen molar-refractivity contribution in [2.45, 2.75) is 25.4 Å². The molecule has 1 amide bonds. The molecule has 0 unspecified atom stereocenters. The molecular weight excluding hydrogens is 258 g/mol. The molecule has 5 nitrogen and oxygen atoms in total. The van der Waals surface area contributed by atoms with Gasteiger partial charge in [-0.25, -0.2) is 0 Å². The number of aliphatic hydroxyl groups is 1. The first-order valence-corrected chi connectivity index (χ1v) is 6.80. The molecule has 0 aromatic heterocycles. The number of carbonyl (C=O) groups excluding carboxylic acids is 1. The van der Waals surface area contributed by atoms with E-state index in [1.54, 1.807) is 20.3 Å². The van der Waals surface area contributed by atoms with Crippen molar-refractivity contribution in [2.75, 3.05) is 27.3 Å². The largest absolute Gasteiger partial charge is 0.493 e. The van der Waals surface area contributed by atoms with Crippen molar-refractivity contribution in [3.63, 3.8) is 0 Å². The molecule has 1 aliphatic rings. The molecule has 110 valence electrons. The van der Waals surface area contributed by atoms with Crippen molar-refractivity contribution >= 4 is 5.91 Å². The van der Waals surface area contributed by atoms with Crippen LogP contribution in [0, 0.1) is 0 Å². The highest BCUT2D eigenvalue weighted by atomic mass is 16.5. The van der Waals surface area contributed by atoms with Gasteiger partial charge in [0, 0.05) is 13.1 Å². The molecule has 1 aromatic carbocycles. The van der Waals surface area contributed by atoms with Gasteiger partial charge in [-0.2, -0.15) is 0 Å². The van der Waals surface area contributed by atoms with E-state index in [2.05, 4.69) is 0 Å². The summed E-state index contributed by atoms with van der Waals surface area (Å²) in [5.41, 5.74) is 0.902. The van der Waals surface area contributed by atoms with Crippen LogP contribution in [0.15, 0.2) is 18.2 Å². The molecule has 5 heteroatoms. The zero-order valence-electron chi connectivity index (χ0n) is 12.0. The molecule has 0 radical (unpaired) electrons. The molecule has 0 aliphatic carbocycles. The van der Waals surface area contributed by atoms with Crippen molar-refractivity contribution in [1.82, 2.24) is 4.90 Å². The van der Waals surface area contributed by atoms with Gasteiger partial charge in [-0.1, -0.05) is 6.07 Å². The van der Waals surface area contributed by atoms with Gasteiger partial charge in [-0.3, -0.25) is 4.79 Å². The third kappa shape index (κ3) is 3.42. The number of amides is 1.